The van der Waals surface area contributed by atoms with Crippen LogP contribution in [0.1, 0.15) is 42.6 Å². The fraction of sp³-hybridized carbons (Fsp3) is 0.294. The second-order valence-corrected chi connectivity index (χ2v) is 5.51. The first-order chi connectivity index (χ1) is 10.5. The zero-order valence-corrected chi connectivity index (χ0v) is 12.8. The van der Waals surface area contributed by atoms with E-state index in [9.17, 15) is 4.79 Å². The Morgan fingerprint density at radius 2 is 2.14 bits per heavy atom. The molecule has 0 aliphatic rings. The van der Waals surface area contributed by atoms with Crippen molar-refractivity contribution in [1.29, 1.82) is 10.7 Å². The zero-order valence-electron chi connectivity index (χ0n) is 12.8. The molecule has 0 saturated carbocycles. The minimum absolute atomic E-state index is 0.00123. The molecule has 0 radical (unpaired) electrons. The van der Waals surface area contributed by atoms with Crippen LogP contribution in [0.2, 0.25) is 0 Å². The molecule has 0 fully saturated rings. The van der Waals surface area contributed by atoms with Gasteiger partial charge < -0.3 is 10.4 Å². The summed E-state index contributed by atoms with van der Waals surface area (Å²) in [6, 6.07) is 9.71. The van der Waals surface area contributed by atoms with Crippen molar-refractivity contribution < 1.29 is 0 Å². The number of hydrogen-bond acceptors (Lipinski definition) is 4. The number of hydrogen-bond donors (Lipinski definition) is 2. The quantitative estimate of drug-likeness (QED) is 0.848. The van der Waals surface area contributed by atoms with Crippen LogP contribution in [0.4, 0.5) is 0 Å². The van der Waals surface area contributed by atoms with Gasteiger partial charge in [-0.1, -0.05) is 37.6 Å². The summed E-state index contributed by atoms with van der Waals surface area (Å²) in [5.74, 6) is -0.637. The summed E-state index contributed by atoms with van der Waals surface area (Å²) in [6.07, 6.45) is 0.980. The van der Waals surface area contributed by atoms with Crippen molar-refractivity contribution in [3.63, 3.8) is 0 Å². The van der Waals surface area contributed by atoms with E-state index in [2.05, 4.69) is 9.97 Å². The summed E-state index contributed by atoms with van der Waals surface area (Å²) in [4.78, 5) is 19.5. The SMILES string of the molecule is Cc1cccc(-c2nc(C(C#N)C=N)[nH]c(=O)c2C(C)C)c1. The standard InChI is InChI=1S/C17H18N4O/c1-10(2)14-15(12-6-4-5-11(3)7-12)20-16(21-17(14)22)13(8-18)9-19/h4-8,10,13,18H,1-3H3,(H,20,21,22). The van der Waals surface area contributed by atoms with E-state index in [1.807, 2.05) is 51.1 Å². The average Bonchev–Trinajstić information content (AvgIpc) is 2.47. The number of benzene rings is 1. The molecule has 1 heterocycles. The van der Waals surface area contributed by atoms with Gasteiger partial charge in [-0.05, 0) is 18.9 Å². The van der Waals surface area contributed by atoms with Crippen LogP contribution in [-0.2, 0) is 0 Å². The number of H-pyrrole nitrogens is 1. The first-order valence-corrected chi connectivity index (χ1v) is 7.09. The van der Waals surface area contributed by atoms with Gasteiger partial charge in [0, 0.05) is 17.3 Å². The maximum absolute atomic E-state index is 12.4. The van der Waals surface area contributed by atoms with Crippen molar-refractivity contribution in [3.8, 4) is 17.3 Å². The molecule has 0 aliphatic heterocycles. The number of aromatic amines is 1. The van der Waals surface area contributed by atoms with E-state index >= 15 is 0 Å². The smallest absolute Gasteiger partial charge is 0.254 e. The van der Waals surface area contributed by atoms with E-state index in [0.29, 0.717) is 11.3 Å². The van der Waals surface area contributed by atoms with Crippen molar-refractivity contribution in [2.45, 2.75) is 32.6 Å². The molecule has 0 amide bonds. The molecule has 5 nitrogen and oxygen atoms in total. The molecule has 2 rings (SSSR count). The summed E-state index contributed by atoms with van der Waals surface area (Å²) in [6.45, 7) is 5.84. The maximum atomic E-state index is 12.4. The molecule has 1 aromatic carbocycles. The van der Waals surface area contributed by atoms with E-state index in [-0.39, 0.29) is 17.3 Å². The molecule has 0 aliphatic carbocycles. The number of nitriles is 1. The van der Waals surface area contributed by atoms with Crippen LogP contribution in [0.25, 0.3) is 11.3 Å². The first kappa shape index (κ1) is 15.6. The van der Waals surface area contributed by atoms with E-state index in [1.54, 1.807) is 0 Å². The second-order valence-electron chi connectivity index (χ2n) is 5.51. The lowest BCUT2D eigenvalue weighted by Crippen LogP contribution is -2.21. The first-order valence-electron chi connectivity index (χ1n) is 7.09. The highest BCUT2D eigenvalue weighted by atomic mass is 16.1. The predicted octanol–water partition coefficient (Wildman–Crippen LogP) is 3.13. The van der Waals surface area contributed by atoms with Gasteiger partial charge in [-0.3, -0.25) is 4.79 Å². The van der Waals surface area contributed by atoms with Crippen molar-refractivity contribution in [1.82, 2.24) is 9.97 Å². The number of aromatic nitrogens is 2. The molecule has 2 N–H and O–H groups in total. The molecule has 0 bridgehead atoms. The van der Waals surface area contributed by atoms with Gasteiger partial charge in [0.2, 0.25) is 0 Å². The third-order valence-electron chi connectivity index (χ3n) is 3.44. The average molecular weight is 294 g/mol. The molecule has 0 spiro atoms. The van der Waals surface area contributed by atoms with Crippen LogP contribution >= 0.6 is 0 Å². The van der Waals surface area contributed by atoms with Crippen molar-refractivity contribution in [3.05, 3.63) is 51.6 Å². The van der Waals surface area contributed by atoms with E-state index < -0.39 is 5.92 Å². The molecule has 1 unspecified atom stereocenters. The highest BCUT2D eigenvalue weighted by molar-refractivity contribution is 5.69. The Labute approximate surface area is 129 Å². The molecule has 0 saturated heterocycles. The third-order valence-corrected chi connectivity index (χ3v) is 3.44. The van der Waals surface area contributed by atoms with Crippen molar-refractivity contribution in [2.24, 2.45) is 0 Å². The highest BCUT2D eigenvalue weighted by Crippen LogP contribution is 2.26. The molecule has 2 aromatic rings. The van der Waals surface area contributed by atoms with Crippen molar-refractivity contribution >= 4 is 6.21 Å². The van der Waals surface area contributed by atoms with Gasteiger partial charge in [-0.15, -0.1) is 0 Å². The van der Waals surface area contributed by atoms with Gasteiger partial charge >= 0.3 is 0 Å². The zero-order chi connectivity index (χ0) is 16.3. The fourth-order valence-corrected chi connectivity index (χ4v) is 2.37. The number of rotatable bonds is 4. The molecule has 112 valence electrons. The van der Waals surface area contributed by atoms with E-state index in [4.69, 9.17) is 10.7 Å². The normalized spacial score (nSPS) is 12.0. The Hall–Kier alpha value is -2.74. The lowest BCUT2D eigenvalue weighted by atomic mass is 9.97. The molecule has 1 atom stereocenters. The van der Waals surface area contributed by atoms with Gasteiger partial charge in [0.25, 0.3) is 5.56 Å². The van der Waals surface area contributed by atoms with Gasteiger partial charge in [0.15, 0.2) is 0 Å². The predicted molar refractivity (Wildman–Crippen MR) is 86.3 cm³/mol. The summed E-state index contributed by atoms with van der Waals surface area (Å²) >= 11 is 0. The molecule has 5 heteroatoms. The van der Waals surface area contributed by atoms with E-state index in [1.165, 1.54) is 0 Å². The molecule has 1 aromatic heterocycles. The molecular weight excluding hydrogens is 276 g/mol. The van der Waals surface area contributed by atoms with Crippen LogP contribution < -0.4 is 5.56 Å². The van der Waals surface area contributed by atoms with E-state index in [0.717, 1.165) is 17.3 Å². The topological polar surface area (TPSA) is 93.4 Å². The van der Waals surface area contributed by atoms with Crippen molar-refractivity contribution in [2.75, 3.05) is 0 Å². The Kier molecular flexibility index (Phi) is 4.52. The van der Waals surface area contributed by atoms with Gasteiger partial charge in [0.1, 0.15) is 11.7 Å². The van der Waals surface area contributed by atoms with Crippen LogP contribution in [0, 0.1) is 23.7 Å². The maximum Gasteiger partial charge on any atom is 0.254 e. The Bertz CT molecular complexity index is 799. The number of nitrogens with one attached hydrogen (secondary N) is 2. The highest BCUT2D eigenvalue weighted by Gasteiger charge is 2.19. The number of aryl methyl sites for hydroxylation is 1. The Balaban J connectivity index is 2.76. The lowest BCUT2D eigenvalue weighted by Gasteiger charge is -2.14. The third kappa shape index (κ3) is 2.96. The number of nitrogens with zero attached hydrogens (tertiary/aromatic N) is 2. The summed E-state index contributed by atoms with van der Waals surface area (Å²) in [5.41, 5.74) is 2.84. The second kappa shape index (κ2) is 6.35. The van der Waals surface area contributed by atoms with Crippen LogP contribution in [0.3, 0.4) is 0 Å². The van der Waals surface area contributed by atoms with Gasteiger partial charge in [-0.2, -0.15) is 5.26 Å². The molecule has 22 heavy (non-hydrogen) atoms. The Morgan fingerprint density at radius 1 is 1.41 bits per heavy atom. The minimum atomic E-state index is -0.850. The summed E-state index contributed by atoms with van der Waals surface area (Å²) in [7, 11) is 0. The monoisotopic (exact) mass is 294 g/mol. The molecular formula is C17H18N4O. The largest absolute Gasteiger partial charge is 0.311 e. The van der Waals surface area contributed by atoms with Crippen LogP contribution in [0.15, 0.2) is 29.1 Å². The van der Waals surface area contributed by atoms with Crippen LogP contribution in [0.5, 0.6) is 0 Å². The summed E-state index contributed by atoms with van der Waals surface area (Å²) in [5, 5.41) is 16.4. The Morgan fingerprint density at radius 3 is 2.68 bits per heavy atom. The fourth-order valence-electron chi connectivity index (χ4n) is 2.37. The van der Waals surface area contributed by atoms with Crippen LogP contribution in [-0.4, -0.2) is 16.2 Å². The van der Waals surface area contributed by atoms with Gasteiger partial charge in [0.05, 0.1) is 11.8 Å². The minimum Gasteiger partial charge on any atom is -0.311 e. The summed E-state index contributed by atoms with van der Waals surface area (Å²) < 4.78 is 0. The lowest BCUT2D eigenvalue weighted by molar-refractivity contribution is 0.813. The van der Waals surface area contributed by atoms with Gasteiger partial charge in [-0.25, -0.2) is 4.98 Å².